The predicted molar refractivity (Wildman–Crippen MR) is 215 cm³/mol. The van der Waals surface area contributed by atoms with E-state index in [0.717, 1.165) is 5.69 Å². The zero-order valence-electron chi connectivity index (χ0n) is 27.8. The van der Waals surface area contributed by atoms with Gasteiger partial charge in [-0.25, -0.2) is 0 Å². The third-order valence-electron chi connectivity index (χ3n) is 10.8. The van der Waals surface area contributed by atoms with E-state index in [9.17, 15) is 0 Å². The highest BCUT2D eigenvalue weighted by Crippen LogP contribution is 2.47. The van der Waals surface area contributed by atoms with E-state index < -0.39 is 0 Å². The lowest BCUT2D eigenvalue weighted by Gasteiger charge is -2.25. The van der Waals surface area contributed by atoms with Gasteiger partial charge in [0.05, 0.1) is 16.6 Å². The number of nitrogens with zero attached hydrogens (tertiary/aromatic N) is 3. The highest BCUT2D eigenvalue weighted by molar-refractivity contribution is 6.26. The molecular formula is C48H32N3+. The molecule has 9 aromatic rings. The van der Waals surface area contributed by atoms with Gasteiger partial charge in [-0.05, 0) is 46.5 Å². The second kappa shape index (κ2) is 10.9. The van der Waals surface area contributed by atoms with E-state index >= 15 is 0 Å². The summed E-state index contributed by atoms with van der Waals surface area (Å²) >= 11 is 0. The standard InChI is InChI=1S/C48H32N3/c1-4-15-32(16-5-1)34-29-35(33-17-6-2-7-18-33)31-37(30-34)50-42-23-11-10-21-38(42)40-27-28-41-39-22-14-26-45-46(39)51(48(41)47(40)50)44-25-13-12-24-43(44)49(45)36-19-8-3-9-20-36/h1-31,44H/q+1. The second-order valence-electron chi connectivity index (χ2n) is 13.5. The molecular weight excluding hydrogens is 619 g/mol. The predicted octanol–water partition coefficient (Wildman–Crippen LogP) is 12.2. The van der Waals surface area contributed by atoms with Crippen LogP contribution in [0.3, 0.4) is 0 Å². The first-order valence-corrected chi connectivity index (χ1v) is 17.7. The smallest absolute Gasteiger partial charge is 0.235 e. The zero-order valence-corrected chi connectivity index (χ0v) is 27.8. The van der Waals surface area contributed by atoms with Crippen LogP contribution in [-0.4, -0.2) is 14.8 Å². The maximum absolute atomic E-state index is 2.62. The van der Waals surface area contributed by atoms with Gasteiger partial charge in [-0.3, -0.25) is 0 Å². The van der Waals surface area contributed by atoms with Crippen LogP contribution < -0.4 is 4.58 Å². The van der Waals surface area contributed by atoms with E-state index in [1.165, 1.54) is 83.0 Å². The van der Waals surface area contributed by atoms with Crippen molar-refractivity contribution in [1.82, 2.24) is 13.7 Å². The number of hydrogen-bond donors (Lipinski definition) is 0. The van der Waals surface area contributed by atoms with Crippen LogP contribution in [0.2, 0.25) is 0 Å². The average molecular weight is 651 g/mol. The first-order valence-electron chi connectivity index (χ1n) is 17.7. The van der Waals surface area contributed by atoms with E-state index in [1.54, 1.807) is 0 Å². The van der Waals surface area contributed by atoms with Crippen LogP contribution in [0.25, 0.3) is 71.6 Å². The molecule has 1 aliphatic carbocycles. The Hall–Kier alpha value is -6.71. The van der Waals surface area contributed by atoms with Gasteiger partial charge < -0.3 is 9.13 Å². The Balaban J connectivity index is 1.30. The average Bonchev–Trinajstić information content (AvgIpc) is 3.73. The number of rotatable bonds is 4. The largest absolute Gasteiger partial charge is 0.316 e. The molecule has 0 saturated carbocycles. The van der Waals surface area contributed by atoms with E-state index in [-0.39, 0.29) is 6.04 Å². The Morgan fingerprint density at radius 3 is 1.78 bits per heavy atom. The lowest BCUT2D eigenvalue weighted by molar-refractivity contribution is 0.782. The topological polar surface area (TPSA) is 12.9 Å². The van der Waals surface area contributed by atoms with Gasteiger partial charge in [0.25, 0.3) is 0 Å². The molecule has 0 N–H and O–H groups in total. The molecule has 3 nitrogen and oxygen atoms in total. The first-order chi connectivity index (χ1) is 25.3. The van der Waals surface area contributed by atoms with Crippen LogP contribution in [0, 0.1) is 0 Å². The van der Waals surface area contributed by atoms with Crippen molar-refractivity contribution in [3.63, 3.8) is 0 Å². The third kappa shape index (κ3) is 4.09. The van der Waals surface area contributed by atoms with Gasteiger partial charge in [-0.15, -0.1) is 0 Å². The molecule has 3 heteroatoms. The maximum Gasteiger partial charge on any atom is 0.235 e. The molecule has 1 aliphatic heterocycles. The molecule has 2 aromatic heterocycles. The number of para-hydroxylation sites is 3. The molecule has 7 aromatic carbocycles. The normalized spacial score (nSPS) is 15.0. The second-order valence-corrected chi connectivity index (χ2v) is 13.5. The molecule has 1 unspecified atom stereocenters. The van der Waals surface area contributed by atoms with E-state index in [0.29, 0.717) is 0 Å². The minimum atomic E-state index is 0.0256. The fourth-order valence-corrected chi connectivity index (χ4v) is 8.63. The Kier molecular flexibility index (Phi) is 6.02. The van der Waals surface area contributed by atoms with Gasteiger partial charge in [0.2, 0.25) is 17.1 Å². The number of benzene rings is 7. The third-order valence-corrected chi connectivity index (χ3v) is 10.8. The zero-order chi connectivity index (χ0) is 33.5. The van der Waals surface area contributed by atoms with Gasteiger partial charge in [0.1, 0.15) is 11.6 Å². The van der Waals surface area contributed by atoms with Crippen LogP contribution >= 0.6 is 0 Å². The number of hydrogen-bond acceptors (Lipinski definition) is 0. The van der Waals surface area contributed by atoms with Crippen LogP contribution in [-0.2, 0) is 0 Å². The lowest BCUT2D eigenvalue weighted by atomic mass is 9.98. The molecule has 0 radical (unpaired) electrons. The molecule has 0 amide bonds. The number of allylic oxidation sites excluding steroid dienone is 4. The molecule has 11 rings (SSSR count). The molecule has 51 heavy (non-hydrogen) atoms. The molecule has 0 fully saturated rings. The SMILES string of the molecule is C1=CC2=[N+](c3ccccc3)c3cccc4c5ccc6c7ccccc7n(-c7cc(-c8ccccc8)cc(-c8ccccc8)c7)c6c5n(c34)C2C=C1. The summed E-state index contributed by atoms with van der Waals surface area (Å²) in [5, 5.41) is 5.05. The molecule has 0 saturated heterocycles. The van der Waals surface area contributed by atoms with E-state index in [2.05, 4.69) is 202 Å². The van der Waals surface area contributed by atoms with E-state index in [1.807, 2.05) is 0 Å². The Morgan fingerprint density at radius 2 is 1.06 bits per heavy atom. The van der Waals surface area contributed by atoms with Crippen molar-refractivity contribution in [2.75, 3.05) is 0 Å². The quantitative estimate of drug-likeness (QED) is 0.168. The number of aromatic nitrogens is 2. The Bertz CT molecular complexity index is 2880. The van der Waals surface area contributed by atoms with Gasteiger partial charge >= 0.3 is 0 Å². The fraction of sp³-hybridized carbons (Fsp3) is 0.0208. The van der Waals surface area contributed by atoms with Gasteiger partial charge in [0.15, 0.2) is 0 Å². The van der Waals surface area contributed by atoms with Crippen molar-refractivity contribution >= 4 is 60.7 Å². The van der Waals surface area contributed by atoms with Crippen molar-refractivity contribution in [1.29, 1.82) is 0 Å². The minimum absolute atomic E-state index is 0.0256. The molecule has 0 spiro atoms. The summed E-state index contributed by atoms with van der Waals surface area (Å²) in [4.78, 5) is 0. The molecule has 238 valence electrons. The first kappa shape index (κ1) is 28.2. The van der Waals surface area contributed by atoms with Crippen LogP contribution in [0.4, 0.5) is 11.4 Å². The molecule has 3 heterocycles. The minimum Gasteiger partial charge on any atom is -0.316 e. The van der Waals surface area contributed by atoms with Crippen molar-refractivity contribution in [2.24, 2.45) is 0 Å². The Labute approximate surface area is 295 Å². The highest BCUT2D eigenvalue weighted by Gasteiger charge is 2.38. The summed E-state index contributed by atoms with van der Waals surface area (Å²) in [6, 6.07) is 59.8. The van der Waals surface area contributed by atoms with Crippen molar-refractivity contribution < 1.29 is 0 Å². The summed E-state index contributed by atoms with van der Waals surface area (Å²) in [6.45, 7) is 0. The fourth-order valence-electron chi connectivity index (χ4n) is 8.63. The molecule has 0 bridgehead atoms. The van der Waals surface area contributed by atoms with E-state index in [4.69, 9.17) is 0 Å². The molecule has 1 atom stereocenters. The van der Waals surface area contributed by atoms with Crippen molar-refractivity contribution in [3.8, 4) is 27.9 Å². The van der Waals surface area contributed by atoms with Gasteiger partial charge in [-0.1, -0.05) is 140 Å². The van der Waals surface area contributed by atoms with Crippen LogP contribution in [0.15, 0.2) is 188 Å². The van der Waals surface area contributed by atoms with Crippen LogP contribution in [0.1, 0.15) is 6.04 Å². The lowest BCUT2D eigenvalue weighted by Crippen LogP contribution is -2.30. The van der Waals surface area contributed by atoms with Gasteiger partial charge in [0, 0.05) is 51.5 Å². The summed E-state index contributed by atoms with van der Waals surface area (Å²) < 4.78 is 7.60. The van der Waals surface area contributed by atoms with Crippen molar-refractivity contribution in [2.45, 2.75) is 6.04 Å². The Morgan fingerprint density at radius 1 is 0.451 bits per heavy atom. The summed E-state index contributed by atoms with van der Waals surface area (Å²) in [6.07, 6.45) is 9.02. The molecule has 2 aliphatic rings. The summed E-state index contributed by atoms with van der Waals surface area (Å²) in [7, 11) is 0. The van der Waals surface area contributed by atoms with Gasteiger partial charge in [-0.2, -0.15) is 4.58 Å². The van der Waals surface area contributed by atoms with Crippen molar-refractivity contribution in [3.05, 3.63) is 188 Å². The van der Waals surface area contributed by atoms with Crippen LogP contribution in [0.5, 0.6) is 0 Å². The summed E-state index contributed by atoms with van der Waals surface area (Å²) in [5.74, 6) is 0. The monoisotopic (exact) mass is 650 g/mol. The number of fused-ring (bicyclic) bond motifs is 9. The highest BCUT2D eigenvalue weighted by atomic mass is 15.2. The maximum atomic E-state index is 2.62. The summed E-state index contributed by atoms with van der Waals surface area (Å²) in [5.41, 5.74) is 14.5.